The zero-order valence-electron chi connectivity index (χ0n) is 10.8. The summed E-state index contributed by atoms with van der Waals surface area (Å²) in [6.45, 7) is 4.16. The molecule has 0 saturated heterocycles. The first-order valence-electron chi connectivity index (χ1n) is 5.95. The summed E-state index contributed by atoms with van der Waals surface area (Å²) in [6, 6.07) is 1.71. The van der Waals surface area contributed by atoms with Crippen molar-refractivity contribution in [1.29, 1.82) is 0 Å². The van der Waals surface area contributed by atoms with Crippen LogP contribution in [-0.2, 0) is 6.42 Å². The summed E-state index contributed by atoms with van der Waals surface area (Å²) < 4.78 is 5.32. The van der Waals surface area contributed by atoms with Crippen LogP contribution in [0.25, 0.3) is 0 Å². The van der Waals surface area contributed by atoms with Gasteiger partial charge in [0.1, 0.15) is 5.76 Å². The minimum absolute atomic E-state index is 0.242. The van der Waals surface area contributed by atoms with Crippen LogP contribution in [0, 0.1) is 13.8 Å². The second-order valence-electron chi connectivity index (χ2n) is 4.28. The standard InChI is InChI=1S/C13H15N3O3/c1-8-5-11(19-9(8)2)12(17)14-4-3-10-6-15-13(18)16-7-10/h5-7H,3-4H2,1-2H3,(H,14,17)(H,15,16,18). The van der Waals surface area contributed by atoms with E-state index < -0.39 is 0 Å². The molecule has 0 atom stereocenters. The predicted octanol–water partition coefficient (Wildman–Crippen LogP) is 0.952. The Hall–Kier alpha value is -2.37. The first-order valence-corrected chi connectivity index (χ1v) is 5.95. The first kappa shape index (κ1) is 13.1. The molecule has 0 spiro atoms. The summed E-state index contributed by atoms with van der Waals surface area (Å²) in [5, 5.41) is 2.75. The largest absolute Gasteiger partial charge is 0.456 e. The lowest BCUT2D eigenvalue weighted by molar-refractivity contribution is 0.0925. The van der Waals surface area contributed by atoms with Gasteiger partial charge in [0.15, 0.2) is 5.76 Å². The maximum atomic E-state index is 11.8. The molecular weight excluding hydrogens is 246 g/mol. The number of amides is 1. The van der Waals surface area contributed by atoms with Crippen LogP contribution < -0.4 is 11.0 Å². The fourth-order valence-corrected chi connectivity index (χ4v) is 1.60. The number of H-pyrrole nitrogens is 1. The highest BCUT2D eigenvalue weighted by atomic mass is 16.3. The summed E-state index contributed by atoms with van der Waals surface area (Å²) >= 11 is 0. The Morgan fingerprint density at radius 3 is 2.84 bits per heavy atom. The molecule has 0 fully saturated rings. The molecule has 2 heterocycles. The second-order valence-corrected chi connectivity index (χ2v) is 4.28. The van der Waals surface area contributed by atoms with Crippen molar-refractivity contribution in [3.05, 3.63) is 51.6 Å². The summed E-state index contributed by atoms with van der Waals surface area (Å²) in [6.07, 6.45) is 3.67. The highest BCUT2D eigenvalue weighted by molar-refractivity contribution is 5.91. The van der Waals surface area contributed by atoms with Gasteiger partial charge in [-0.25, -0.2) is 9.78 Å². The third-order valence-electron chi connectivity index (χ3n) is 2.82. The van der Waals surface area contributed by atoms with Crippen LogP contribution in [0.1, 0.15) is 27.4 Å². The SMILES string of the molecule is Cc1cc(C(=O)NCCc2cnc(=O)[nH]c2)oc1C. The van der Waals surface area contributed by atoms with E-state index in [1.54, 1.807) is 12.3 Å². The fraction of sp³-hybridized carbons (Fsp3) is 0.308. The molecule has 0 aromatic carbocycles. The van der Waals surface area contributed by atoms with Gasteiger partial charge in [0.2, 0.25) is 0 Å². The smallest absolute Gasteiger partial charge is 0.344 e. The number of aromatic nitrogens is 2. The molecule has 19 heavy (non-hydrogen) atoms. The van der Waals surface area contributed by atoms with Crippen molar-refractivity contribution in [2.24, 2.45) is 0 Å². The average Bonchev–Trinajstić information content (AvgIpc) is 2.72. The van der Waals surface area contributed by atoms with Gasteiger partial charge in [-0.1, -0.05) is 0 Å². The van der Waals surface area contributed by atoms with Crippen molar-refractivity contribution in [1.82, 2.24) is 15.3 Å². The normalized spacial score (nSPS) is 10.4. The van der Waals surface area contributed by atoms with Gasteiger partial charge in [-0.15, -0.1) is 0 Å². The molecule has 0 aliphatic carbocycles. The van der Waals surface area contributed by atoms with Gasteiger partial charge in [0.25, 0.3) is 5.91 Å². The van der Waals surface area contributed by atoms with Gasteiger partial charge < -0.3 is 14.7 Å². The third-order valence-corrected chi connectivity index (χ3v) is 2.82. The Labute approximate surface area is 109 Å². The number of aryl methyl sites for hydroxylation is 2. The van der Waals surface area contributed by atoms with E-state index in [2.05, 4.69) is 15.3 Å². The molecule has 100 valence electrons. The van der Waals surface area contributed by atoms with Crippen LogP contribution in [-0.4, -0.2) is 22.4 Å². The molecule has 0 radical (unpaired) electrons. The van der Waals surface area contributed by atoms with E-state index in [0.717, 1.165) is 16.9 Å². The van der Waals surface area contributed by atoms with E-state index in [4.69, 9.17) is 4.42 Å². The highest BCUT2D eigenvalue weighted by Gasteiger charge is 2.11. The summed E-state index contributed by atoms with van der Waals surface area (Å²) in [5.74, 6) is 0.818. The maximum Gasteiger partial charge on any atom is 0.344 e. The molecule has 0 unspecified atom stereocenters. The van der Waals surface area contributed by atoms with Gasteiger partial charge in [-0.3, -0.25) is 4.79 Å². The van der Waals surface area contributed by atoms with Crippen LogP contribution in [0.15, 0.2) is 27.7 Å². The number of nitrogens with zero attached hydrogens (tertiary/aromatic N) is 1. The number of rotatable bonds is 4. The molecule has 6 heteroatoms. The van der Waals surface area contributed by atoms with Gasteiger partial charge >= 0.3 is 5.69 Å². The zero-order chi connectivity index (χ0) is 13.8. The first-order chi connectivity index (χ1) is 9.06. The molecular formula is C13H15N3O3. The summed E-state index contributed by atoms with van der Waals surface area (Å²) in [5.41, 5.74) is 1.43. The Morgan fingerprint density at radius 2 is 2.26 bits per heavy atom. The Bertz CT molecular complexity index is 603. The molecule has 2 rings (SSSR count). The number of furan rings is 1. The lowest BCUT2D eigenvalue weighted by atomic mass is 10.2. The van der Waals surface area contributed by atoms with E-state index in [1.165, 1.54) is 6.20 Å². The maximum absolute atomic E-state index is 11.8. The number of hydrogen-bond acceptors (Lipinski definition) is 4. The van der Waals surface area contributed by atoms with Crippen LogP contribution in [0.5, 0.6) is 0 Å². The number of aromatic amines is 1. The fourth-order valence-electron chi connectivity index (χ4n) is 1.60. The van der Waals surface area contributed by atoms with Crippen molar-refractivity contribution in [2.75, 3.05) is 6.54 Å². The molecule has 2 aromatic heterocycles. The van der Waals surface area contributed by atoms with Crippen molar-refractivity contribution >= 4 is 5.91 Å². The minimum atomic E-state index is -0.380. The number of carbonyl (C=O) groups is 1. The van der Waals surface area contributed by atoms with Crippen molar-refractivity contribution in [2.45, 2.75) is 20.3 Å². The zero-order valence-corrected chi connectivity index (χ0v) is 10.8. The van der Waals surface area contributed by atoms with E-state index in [9.17, 15) is 9.59 Å². The van der Waals surface area contributed by atoms with Crippen molar-refractivity contribution < 1.29 is 9.21 Å². The predicted molar refractivity (Wildman–Crippen MR) is 69.1 cm³/mol. The molecule has 2 aromatic rings. The quantitative estimate of drug-likeness (QED) is 0.857. The average molecular weight is 261 g/mol. The lowest BCUT2D eigenvalue weighted by Crippen LogP contribution is -2.25. The molecule has 0 aliphatic rings. The molecule has 6 nitrogen and oxygen atoms in total. The minimum Gasteiger partial charge on any atom is -0.456 e. The van der Waals surface area contributed by atoms with Gasteiger partial charge in [0.05, 0.1) is 0 Å². The topological polar surface area (TPSA) is 88.0 Å². The van der Waals surface area contributed by atoms with Gasteiger partial charge in [0, 0.05) is 18.9 Å². The Balaban J connectivity index is 1.87. The van der Waals surface area contributed by atoms with E-state index in [1.807, 2.05) is 13.8 Å². The molecule has 0 bridgehead atoms. The number of hydrogen-bond donors (Lipinski definition) is 2. The van der Waals surface area contributed by atoms with Crippen LogP contribution in [0.4, 0.5) is 0 Å². The lowest BCUT2D eigenvalue weighted by Gasteiger charge is -2.02. The van der Waals surface area contributed by atoms with E-state index >= 15 is 0 Å². The number of carbonyl (C=O) groups excluding carboxylic acids is 1. The Morgan fingerprint density at radius 1 is 1.47 bits per heavy atom. The second kappa shape index (κ2) is 5.51. The van der Waals surface area contributed by atoms with E-state index in [-0.39, 0.29) is 11.6 Å². The monoisotopic (exact) mass is 261 g/mol. The summed E-state index contributed by atoms with van der Waals surface area (Å²) in [4.78, 5) is 28.6. The van der Waals surface area contributed by atoms with Crippen LogP contribution in [0.2, 0.25) is 0 Å². The molecule has 0 saturated carbocycles. The third kappa shape index (κ3) is 3.31. The highest BCUT2D eigenvalue weighted by Crippen LogP contribution is 2.12. The Kier molecular flexibility index (Phi) is 3.79. The summed E-state index contributed by atoms with van der Waals surface area (Å²) in [7, 11) is 0. The van der Waals surface area contributed by atoms with Crippen LogP contribution >= 0.6 is 0 Å². The molecule has 1 amide bonds. The molecule has 2 N–H and O–H groups in total. The van der Waals surface area contributed by atoms with Crippen molar-refractivity contribution in [3.63, 3.8) is 0 Å². The van der Waals surface area contributed by atoms with Crippen LogP contribution in [0.3, 0.4) is 0 Å². The molecule has 0 aliphatic heterocycles. The van der Waals surface area contributed by atoms with Gasteiger partial charge in [-0.05, 0) is 37.5 Å². The van der Waals surface area contributed by atoms with Crippen molar-refractivity contribution in [3.8, 4) is 0 Å². The number of nitrogens with one attached hydrogen (secondary N) is 2. The van der Waals surface area contributed by atoms with Gasteiger partial charge in [-0.2, -0.15) is 0 Å². The van der Waals surface area contributed by atoms with E-state index in [0.29, 0.717) is 18.7 Å².